The fourth-order valence-corrected chi connectivity index (χ4v) is 5.26. The second-order valence-electron chi connectivity index (χ2n) is 7.76. The van der Waals surface area contributed by atoms with Gasteiger partial charge in [-0.3, -0.25) is 0 Å². The summed E-state index contributed by atoms with van der Waals surface area (Å²) in [7, 11) is 0. The molecule has 1 saturated heterocycles. The number of rotatable bonds is 3. The van der Waals surface area contributed by atoms with Crippen molar-refractivity contribution in [1.82, 2.24) is 4.90 Å². The van der Waals surface area contributed by atoms with E-state index in [1.165, 1.54) is 32.4 Å². The molecule has 1 aliphatic carbocycles. The predicted molar refractivity (Wildman–Crippen MR) is 89.3 cm³/mol. The van der Waals surface area contributed by atoms with Gasteiger partial charge in [0.15, 0.2) is 0 Å². The summed E-state index contributed by atoms with van der Waals surface area (Å²) >= 11 is 6.76. The molecule has 20 heavy (non-hydrogen) atoms. The maximum Gasteiger partial charge on any atom is 0.0559 e. The minimum Gasteiger partial charge on any atom is -0.301 e. The van der Waals surface area contributed by atoms with E-state index < -0.39 is 0 Å². The Bertz CT molecular complexity index is 373. The summed E-state index contributed by atoms with van der Waals surface area (Å²) in [4.78, 5) is 2.62. The van der Waals surface area contributed by atoms with Gasteiger partial charge in [0.2, 0.25) is 0 Å². The first-order chi connectivity index (χ1) is 9.28. The molecule has 1 aliphatic heterocycles. The molecule has 2 heteroatoms. The molecule has 0 saturated carbocycles. The van der Waals surface area contributed by atoms with E-state index in [9.17, 15) is 0 Å². The summed E-state index contributed by atoms with van der Waals surface area (Å²) in [5.74, 6) is 1.24. The number of alkyl halides is 1. The van der Waals surface area contributed by atoms with Crippen molar-refractivity contribution in [2.24, 2.45) is 17.3 Å². The van der Waals surface area contributed by atoms with E-state index in [1.54, 1.807) is 11.1 Å². The fraction of sp³-hybridized carbons (Fsp3) is 0.889. The Morgan fingerprint density at radius 3 is 1.95 bits per heavy atom. The van der Waals surface area contributed by atoms with Gasteiger partial charge in [-0.05, 0) is 69.0 Å². The normalized spacial score (nSPS) is 27.6. The van der Waals surface area contributed by atoms with Gasteiger partial charge in [0.1, 0.15) is 0 Å². The number of piperidine rings is 1. The Morgan fingerprint density at radius 2 is 1.55 bits per heavy atom. The highest BCUT2D eigenvalue weighted by Gasteiger charge is 2.47. The van der Waals surface area contributed by atoms with Gasteiger partial charge in [-0.1, -0.05) is 33.3 Å². The molecule has 1 unspecified atom stereocenters. The first-order valence-electron chi connectivity index (χ1n) is 8.41. The average Bonchev–Trinajstić information content (AvgIpc) is 2.62. The molecule has 2 rings (SSSR count). The topological polar surface area (TPSA) is 3.24 Å². The lowest BCUT2D eigenvalue weighted by atomic mass is 9.69. The lowest BCUT2D eigenvalue weighted by molar-refractivity contribution is 0.101. The molecule has 0 N–H and O–H groups in total. The van der Waals surface area contributed by atoms with E-state index in [-0.39, 0.29) is 5.38 Å². The van der Waals surface area contributed by atoms with E-state index in [2.05, 4.69) is 46.4 Å². The van der Waals surface area contributed by atoms with Gasteiger partial charge in [-0.25, -0.2) is 0 Å². The molecule has 0 aromatic rings. The van der Waals surface area contributed by atoms with Crippen molar-refractivity contribution < 1.29 is 0 Å². The third-order valence-corrected chi connectivity index (χ3v) is 5.86. The van der Waals surface area contributed by atoms with E-state index >= 15 is 0 Å². The quantitative estimate of drug-likeness (QED) is 0.517. The smallest absolute Gasteiger partial charge is 0.0559 e. The largest absolute Gasteiger partial charge is 0.301 e. The Balaban J connectivity index is 2.29. The zero-order valence-electron chi connectivity index (χ0n) is 14.2. The predicted octanol–water partition coefficient (Wildman–Crippen LogP) is 5.10. The van der Waals surface area contributed by atoms with Gasteiger partial charge in [-0.15, -0.1) is 11.6 Å². The summed E-state index contributed by atoms with van der Waals surface area (Å²) in [6.07, 6.45) is 3.79. The molecule has 116 valence electrons. The summed E-state index contributed by atoms with van der Waals surface area (Å²) in [6, 6.07) is 0.677. The second kappa shape index (κ2) is 6.01. The van der Waals surface area contributed by atoms with Crippen molar-refractivity contribution in [1.29, 1.82) is 0 Å². The maximum absolute atomic E-state index is 6.76. The Kier molecular flexibility index (Phi) is 4.91. The highest BCUT2D eigenvalue weighted by Crippen LogP contribution is 2.55. The van der Waals surface area contributed by atoms with E-state index in [1.807, 2.05) is 0 Å². The molecule has 1 fully saturated rings. The lowest BCUT2D eigenvalue weighted by Crippen LogP contribution is -2.44. The van der Waals surface area contributed by atoms with Crippen LogP contribution < -0.4 is 0 Å². The Morgan fingerprint density at radius 1 is 1.00 bits per heavy atom. The number of allylic oxidation sites excluding steroid dienone is 2. The van der Waals surface area contributed by atoms with Crippen molar-refractivity contribution in [2.75, 3.05) is 13.1 Å². The molecule has 0 bridgehead atoms. The molecule has 0 radical (unpaired) electrons. The van der Waals surface area contributed by atoms with Crippen molar-refractivity contribution in [3.63, 3.8) is 0 Å². The minimum absolute atomic E-state index is 0.276. The van der Waals surface area contributed by atoms with Crippen molar-refractivity contribution in [3.8, 4) is 0 Å². The van der Waals surface area contributed by atoms with E-state index in [4.69, 9.17) is 11.6 Å². The van der Waals surface area contributed by atoms with Gasteiger partial charge >= 0.3 is 0 Å². The van der Waals surface area contributed by atoms with Crippen LogP contribution in [-0.4, -0.2) is 29.4 Å². The van der Waals surface area contributed by atoms with Crippen LogP contribution in [0.25, 0.3) is 0 Å². The van der Waals surface area contributed by atoms with Crippen LogP contribution in [0.4, 0.5) is 0 Å². The monoisotopic (exact) mass is 297 g/mol. The van der Waals surface area contributed by atoms with Gasteiger partial charge < -0.3 is 4.90 Å². The Hall–Kier alpha value is -0.0100. The lowest BCUT2D eigenvalue weighted by Gasteiger charge is -2.44. The van der Waals surface area contributed by atoms with Crippen LogP contribution in [0, 0.1) is 17.3 Å². The number of hydrogen-bond donors (Lipinski definition) is 0. The third-order valence-electron chi connectivity index (χ3n) is 5.47. The van der Waals surface area contributed by atoms with Crippen LogP contribution in [0.3, 0.4) is 0 Å². The van der Waals surface area contributed by atoms with Crippen molar-refractivity contribution in [3.05, 3.63) is 11.1 Å². The molecule has 0 amide bonds. The average molecular weight is 298 g/mol. The molecule has 1 nitrogen and oxygen atoms in total. The van der Waals surface area contributed by atoms with Gasteiger partial charge in [0, 0.05) is 6.04 Å². The highest BCUT2D eigenvalue weighted by molar-refractivity contribution is 6.22. The van der Waals surface area contributed by atoms with Gasteiger partial charge in [0.25, 0.3) is 0 Å². The summed E-state index contributed by atoms with van der Waals surface area (Å²) in [5, 5.41) is 0.276. The van der Waals surface area contributed by atoms with E-state index in [0.717, 1.165) is 0 Å². The van der Waals surface area contributed by atoms with Crippen LogP contribution in [-0.2, 0) is 0 Å². The highest BCUT2D eigenvalue weighted by atomic mass is 35.5. The molecule has 1 heterocycles. The number of nitrogens with zero attached hydrogens (tertiary/aromatic N) is 1. The van der Waals surface area contributed by atoms with Gasteiger partial charge in [0.05, 0.1) is 5.38 Å². The van der Waals surface area contributed by atoms with Gasteiger partial charge in [-0.2, -0.15) is 0 Å². The zero-order chi connectivity index (χ0) is 15.1. The van der Waals surface area contributed by atoms with Crippen LogP contribution in [0.2, 0.25) is 0 Å². The standard InChI is InChI=1S/C18H32ClN/c1-12(2)16-15(19)11-18(17(16)13(3)4)7-9-20(10-8-18)14(5)6/h12-15H,7-11H2,1-6H3. The summed E-state index contributed by atoms with van der Waals surface area (Å²) in [5.41, 5.74) is 3.70. The Labute approximate surface area is 130 Å². The minimum atomic E-state index is 0.276. The van der Waals surface area contributed by atoms with Crippen LogP contribution in [0.15, 0.2) is 11.1 Å². The molecular formula is C18H32ClN. The molecule has 1 spiro atoms. The number of halogens is 1. The van der Waals surface area contributed by atoms with Crippen LogP contribution >= 0.6 is 11.6 Å². The molecule has 0 aromatic carbocycles. The zero-order valence-corrected chi connectivity index (χ0v) is 14.9. The first kappa shape index (κ1) is 16.4. The summed E-state index contributed by atoms with van der Waals surface area (Å²) < 4.78 is 0. The second-order valence-corrected chi connectivity index (χ2v) is 8.29. The molecule has 0 aromatic heterocycles. The third kappa shape index (κ3) is 2.81. The van der Waals surface area contributed by atoms with Crippen molar-refractivity contribution >= 4 is 11.6 Å². The maximum atomic E-state index is 6.76. The van der Waals surface area contributed by atoms with Crippen molar-refractivity contribution in [2.45, 2.75) is 72.2 Å². The van der Waals surface area contributed by atoms with Crippen LogP contribution in [0.1, 0.15) is 60.8 Å². The molecular weight excluding hydrogens is 266 g/mol. The SMILES string of the molecule is CC(C)C1=C(C(C)C)C2(CCN(C(C)C)CC2)CC1Cl. The summed E-state index contributed by atoms with van der Waals surface area (Å²) in [6.45, 7) is 16.5. The number of likely N-dealkylation sites (tertiary alicyclic amines) is 1. The number of hydrogen-bond acceptors (Lipinski definition) is 1. The van der Waals surface area contributed by atoms with E-state index in [0.29, 0.717) is 23.3 Å². The fourth-order valence-electron chi connectivity index (χ4n) is 4.60. The van der Waals surface area contributed by atoms with Crippen LogP contribution in [0.5, 0.6) is 0 Å². The molecule has 1 atom stereocenters. The molecule has 2 aliphatic rings. The first-order valence-corrected chi connectivity index (χ1v) is 8.84.